The van der Waals surface area contributed by atoms with E-state index >= 15 is 0 Å². The van der Waals surface area contributed by atoms with Gasteiger partial charge in [0.2, 0.25) is 5.71 Å². The summed E-state index contributed by atoms with van der Waals surface area (Å²) in [6.07, 6.45) is 5.25. The topological polar surface area (TPSA) is 35.3 Å². The summed E-state index contributed by atoms with van der Waals surface area (Å²) in [4.78, 5) is 4.91. The van der Waals surface area contributed by atoms with Gasteiger partial charge in [0.05, 0.1) is 12.8 Å². The minimum atomic E-state index is 0.638. The predicted molar refractivity (Wildman–Crippen MR) is 119 cm³/mol. The highest BCUT2D eigenvalue weighted by molar-refractivity contribution is 5.88. The van der Waals surface area contributed by atoms with Crippen molar-refractivity contribution >= 4 is 11.1 Å². The maximum atomic E-state index is 6.28. The maximum Gasteiger partial charge on any atom is 0.227 e. The molecule has 0 unspecified atom stereocenters. The summed E-state index contributed by atoms with van der Waals surface area (Å²) in [6, 6.07) is 20.3. The van der Waals surface area contributed by atoms with Crippen LogP contribution in [0.2, 0.25) is 0 Å². The van der Waals surface area contributed by atoms with Crippen LogP contribution in [0.15, 0.2) is 90.4 Å². The second-order valence-electron chi connectivity index (χ2n) is 6.84. The van der Waals surface area contributed by atoms with Crippen LogP contribution in [0, 0.1) is 0 Å². The molecule has 3 heteroatoms. The molecule has 0 aliphatic heterocycles. The Morgan fingerprint density at radius 2 is 1.66 bits per heavy atom. The van der Waals surface area contributed by atoms with Crippen LogP contribution in [-0.2, 0) is 12.8 Å². The lowest BCUT2D eigenvalue weighted by Gasteiger charge is -2.07. The van der Waals surface area contributed by atoms with Crippen molar-refractivity contribution < 1.29 is 9.15 Å². The Hall–Kier alpha value is -3.59. The van der Waals surface area contributed by atoms with Crippen molar-refractivity contribution in [2.45, 2.75) is 12.8 Å². The molecule has 4 rings (SSSR count). The van der Waals surface area contributed by atoms with Gasteiger partial charge in [-0.25, -0.2) is 4.98 Å². The van der Waals surface area contributed by atoms with Gasteiger partial charge in [0, 0.05) is 22.1 Å². The molecular formula is C26H23NO2. The molecule has 0 aliphatic carbocycles. The number of aromatic nitrogens is 1. The summed E-state index contributed by atoms with van der Waals surface area (Å²) >= 11 is 0. The van der Waals surface area contributed by atoms with Crippen LogP contribution in [0.5, 0.6) is 5.75 Å². The van der Waals surface area contributed by atoms with E-state index in [1.54, 1.807) is 7.11 Å². The highest BCUT2D eigenvalue weighted by Gasteiger charge is 2.19. The molecule has 0 aliphatic rings. The zero-order valence-corrected chi connectivity index (χ0v) is 16.5. The maximum absolute atomic E-state index is 6.28. The van der Waals surface area contributed by atoms with Crippen molar-refractivity contribution in [1.82, 2.24) is 4.98 Å². The van der Waals surface area contributed by atoms with E-state index < -0.39 is 0 Å². The van der Waals surface area contributed by atoms with Gasteiger partial charge in [-0.1, -0.05) is 42.5 Å². The quantitative estimate of drug-likeness (QED) is 0.337. The number of nitrogens with zero attached hydrogens (tertiary/aromatic N) is 1. The summed E-state index contributed by atoms with van der Waals surface area (Å²) in [5.74, 6) is 1.64. The van der Waals surface area contributed by atoms with Crippen molar-refractivity contribution in [2.75, 3.05) is 7.11 Å². The second-order valence-corrected chi connectivity index (χ2v) is 6.84. The molecule has 0 atom stereocenters. The summed E-state index contributed by atoms with van der Waals surface area (Å²) in [5.41, 5.74) is 5.85. The summed E-state index contributed by atoms with van der Waals surface area (Å²) < 4.78 is 11.6. The third kappa shape index (κ3) is 3.59. The number of benzene rings is 2. The minimum Gasteiger partial charge on any atom is -0.497 e. The molecule has 0 spiro atoms. The largest absolute Gasteiger partial charge is 0.497 e. The van der Waals surface area contributed by atoms with E-state index in [0.29, 0.717) is 12.1 Å². The molecule has 0 saturated carbocycles. The molecule has 0 saturated heterocycles. The minimum absolute atomic E-state index is 0.638. The molecule has 144 valence electrons. The summed E-state index contributed by atoms with van der Waals surface area (Å²) in [5, 5.41) is 1.02. The van der Waals surface area contributed by atoms with Crippen LogP contribution in [0.25, 0.3) is 33.7 Å². The molecular weight excluding hydrogens is 358 g/mol. The Morgan fingerprint density at radius 3 is 2.31 bits per heavy atom. The number of methoxy groups -OCH3 is 1. The van der Waals surface area contributed by atoms with Gasteiger partial charge < -0.3 is 9.15 Å². The normalized spacial score (nSPS) is 10.8. The number of rotatable bonds is 7. The van der Waals surface area contributed by atoms with Gasteiger partial charge in [-0.3, -0.25) is 0 Å². The number of hydrogen-bond donors (Lipinski definition) is 0. The molecule has 2 aromatic heterocycles. The van der Waals surface area contributed by atoms with E-state index in [2.05, 4.69) is 31.4 Å². The van der Waals surface area contributed by atoms with E-state index in [4.69, 9.17) is 14.1 Å². The van der Waals surface area contributed by atoms with Gasteiger partial charge in [0.25, 0.3) is 0 Å². The lowest BCUT2D eigenvalue weighted by molar-refractivity contribution is 0.415. The SMILES string of the molecule is C=CCc1cc2c(CC=C)c(-c3ccc(OC)cc3)oc2nc1-c1ccccc1. The fourth-order valence-corrected chi connectivity index (χ4v) is 3.59. The van der Waals surface area contributed by atoms with Crippen LogP contribution in [0.4, 0.5) is 0 Å². The molecule has 2 heterocycles. The van der Waals surface area contributed by atoms with Gasteiger partial charge in [-0.05, 0) is 48.7 Å². The van der Waals surface area contributed by atoms with Crippen LogP contribution in [0.1, 0.15) is 11.1 Å². The van der Waals surface area contributed by atoms with Crippen LogP contribution >= 0.6 is 0 Å². The number of allylic oxidation sites excluding steroid dienone is 2. The zero-order valence-electron chi connectivity index (χ0n) is 16.5. The van der Waals surface area contributed by atoms with E-state index in [-0.39, 0.29) is 0 Å². The predicted octanol–water partition coefficient (Wildman–Crippen LogP) is 6.63. The van der Waals surface area contributed by atoms with Crippen molar-refractivity contribution in [2.24, 2.45) is 0 Å². The molecule has 0 radical (unpaired) electrons. The third-order valence-corrected chi connectivity index (χ3v) is 4.98. The first kappa shape index (κ1) is 18.8. The van der Waals surface area contributed by atoms with Crippen LogP contribution in [0.3, 0.4) is 0 Å². The second kappa shape index (κ2) is 8.19. The van der Waals surface area contributed by atoms with E-state index in [1.165, 1.54) is 0 Å². The van der Waals surface area contributed by atoms with Crippen molar-refractivity contribution in [1.29, 1.82) is 0 Å². The average Bonchev–Trinajstić information content (AvgIpc) is 3.12. The monoisotopic (exact) mass is 381 g/mol. The molecule has 0 amide bonds. The average molecular weight is 381 g/mol. The Balaban J connectivity index is 1.94. The summed E-state index contributed by atoms with van der Waals surface area (Å²) in [7, 11) is 1.66. The third-order valence-electron chi connectivity index (χ3n) is 4.98. The van der Waals surface area contributed by atoms with Crippen molar-refractivity contribution in [3.05, 3.63) is 97.1 Å². The van der Waals surface area contributed by atoms with Gasteiger partial charge in [0.1, 0.15) is 11.5 Å². The Bertz CT molecular complexity index is 1160. The highest BCUT2D eigenvalue weighted by Crippen LogP contribution is 2.37. The number of ether oxygens (including phenoxy) is 1. The van der Waals surface area contributed by atoms with E-state index in [0.717, 1.165) is 51.3 Å². The molecule has 4 aromatic rings. The fraction of sp³-hybridized carbons (Fsp3) is 0.115. The highest BCUT2D eigenvalue weighted by atomic mass is 16.5. The van der Waals surface area contributed by atoms with Gasteiger partial charge >= 0.3 is 0 Å². The van der Waals surface area contributed by atoms with Crippen LogP contribution in [-0.4, -0.2) is 12.1 Å². The first-order valence-corrected chi connectivity index (χ1v) is 9.62. The molecule has 29 heavy (non-hydrogen) atoms. The summed E-state index contributed by atoms with van der Waals surface area (Å²) in [6.45, 7) is 7.85. The van der Waals surface area contributed by atoms with E-state index in [9.17, 15) is 0 Å². The lowest BCUT2D eigenvalue weighted by atomic mass is 9.99. The first-order chi connectivity index (χ1) is 14.2. The van der Waals surface area contributed by atoms with Gasteiger partial charge in [0.15, 0.2) is 0 Å². The van der Waals surface area contributed by atoms with Crippen LogP contribution < -0.4 is 4.74 Å². The number of hydrogen-bond acceptors (Lipinski definition) is 3. The smallest absolute Gasteiger partial charge is 0.227 e. The fourth-order valence-electron chi connectivity index (χ4n) is 3.59. The molecule has 0 N–H and O–H groups in total. The van der Waals surface area contributed by atoms with Gasteiger partial charge in [-0.15, -0.1) is 13.2 Å². The molecule has 0 bridgehead atoms. The Morgan fingerprint density at radius 1 is 0.931 bits per heavy atom. The Labute approximate surface area is 171 Å². The first-order valence-electron chi connectivity index (χ1n) is 9.62. The van der Waals surface area contributed by atoms with Gasteiger partial charge in [-0.2, -0.15) is 0 Å². The number of furan rings is 1. The number of fused-ring (bicyclic) bond motifs is 1. The molecule has 3 nitrogen and oxygen atoms in total. The van der Waals surface area contributed by atoms with E-state index in [1.807, 2.05) is 54.6 Å². The molecule has 0 fully saturated rings. The number of pyridine rings is 1. The standard InChI is InChI=1S/C26H23NO2/c1-4-9-20-17-23-22(10-5-2)25(19-13-15-21(28-3)16-14-19)29-26(23)27-24(20)18-11-7-6-8-12-18/h4-8,11-17H,1-2,9-10H2,3H3. The lowest BCUT2D eigenvalue weighted by Crippen LogP contribution is -1.93. The Kier molecular flexibility index (Phi) is 5.30. The molecule has 2 aromatic carbocycles. The van der Waals surface area contributed by atoms with Crippen molar-refractivity contribution in [3.8, 4) is 28.3 Å². The van der Waals surface area contributed by atoms with Crippen molar-refractivity contribution in [3.63, 3.8) is 0 Å². The zero-order chi connectivity index (χ0) is 20.2.